The van der Waals surface area contributed by atoms with Crippen LogP contribution in [0.5, 0.6) is 0 Å². The van der Waals surface area contributed by atoms with Gasteiger partial charge in [0.15, 0.2) is 0 Å². The number of carbonyl (C=O) groups is 1. The molecule has 0 saturated carbocycles. The van der Waals surface area contributed by atoms with E-state index >= 15 is 0 Å². The molecule has 2 aromatic heterocycles. The Morgan fingerprint density at radius 3 is 2.53 bits per heavy atom. The van der Waals surface area contributed by atoms with Gasteiger partial charge in [0.1, 0.15) is 17.2 Å². The third-order valence-electron chi connectivity index (χ3n) is 5.16. The van der Waals surface area contributed by atoms with Crippen LogP contribution in [0.2, 0.25) is 0 Å². The van der Waals surface area contributed by atoms with Crippen LogP contribution in [-0.4, -0.2) is 10.5 Å². The van der Waals surface area contributed by atoms with Crippen molar-refractivity contribution in [1.29, 1.82) is 0 Å². The third-order valence-corrected chi connectivity index (χ3v) is 5.16. The summed E-state index contributed by atoms with van der Waals surface area (Å²) in [4.78, 5) is 26.2. The van der Waals surface area contributed by atoms with Crippen LogP contribution >= 0.6 is 0 Å². The quantitative estimate of drug-likeness (QED) is 0.530. The fourth-order valence-corrected chi connectivity index (χ4v) is 3.57. The van der Waals surface area contributed by atoms with E-state index in [1.165, 1.54) is 10.6 Å². The molecule has 2 aromatic carbocycles. The minimum atomic E-state index is -0.398. The Morgan fingerprint density at radius 1 is 1.10 bits per heavy atom. The van der Waals surface area contributed by atoms with Gasteiger partial charge < -0.3 is 14.3 Å². The van der Waals surface area contributed by atoms with Crippen LogP contribution in [0.4, 0.5) is 4.39 Å². The number of hydrogen-bond donors (Lipinski definition) is 1. The molecule has 4 aromatic rings. The van der Waals surface area contributed by atoms with E-state index in [1.54, 1.807) is 37.4 Å². The maximum absolute atomic E-state index is 14.0. The molecule has 0 radical (unpaired) electrons. The molecule has 0 aliphatic heterocycles. The summed E-state index contributed by atoms with van der Waals surface area (Å²) in [6.45, 7) is 3.59. The number of nitrogens with one attached hydrogen (secondary N) is 1. The number of hydrogen-bond acceptors (Lipinski definition) is 3. The van der Waals surface area contributed by atoms with Crippen LogP contribution in [0.25, 0.3) is 11.0 Å². The second-order valence-electron chi connectivity index (χ2n) is 7.22. The van der Waals surface area contributed by atoms with Gasteiger partial charge in [0.2, 0.25) is 0 Å². The second kappa shape index (κ2) is 7.99. The van der Waals surface area contributed by atoms with E-state index in [0.717, 1.165) is 5.56 Å². The number of pyridine rings is 1. The lowest BCUT2D eigenvalue weighted by atomic mass is 10.1. The largest absolute Gasteiger partial charge is 0.460 e. The lowest BCUT2D eigenvalue weighted by Gasteiger charge is -2.14. The summed E-state index contributed by atoms with van der Waals surface area (Å²) >= 11 is 0. The number of furan rings is 1. The SMILES string of the molecule is Cc1oc2ccn(Cc3ccccc3F)c(=O)c2c1C(=O)NC(C)c1ccccc1. The highest BCUT2D eigenvalue weighted by molar-refractivity contribution is 6.07. The predicted octanol–water partition coefficient (Wildman–Crippen LogP) is 4.58. The van der Waals surface area contributed by atoms with Crippen molar-refractivity contribution in [2.45, 2.75) is 26.4 Å². The van der Waals surface area contributed by atoms with Gasteiger partial charge in [-0.15, -0.1) is 0 Å². The lowest BCUT2D eigenvalue weighted by molar-refractivity contribution is 0.0939. The van der Waals surface area contributed by atoms with Crippen molar-refractivity contribution < 1.29 is 13.6 Å². The molecule has 0 bridgehead atoms. The van der Waals surface area contributed by atoms with E-state index in [4.69, 9.17) is 4.42 Å². The molecule has 152 valence electrons. The Morgan fingerprint density at radius 2 is 1.80 bits per heavy atom. The molecule has 2 heterocycles. The number of rotatable bonds is 5. The molecule has 1 N–H and O–H groups in total. The smallest absolute Gasteiger partial charge is 0.262 e. The highest BCUT2D eigenvalue weighted by Gasteiger charge is 2.23. The molecule has 1 amide bonds. The van der Waals surface area contributed by atoms with E-state index in [0.29, 0.717) is 16.9 Å². The van der Waals surface area contributed by atoms with Crippen molar-refractivity contribution >= 4 is 16.9 Å². The van der Waals surface area contributed by atoms with Crippen LogP contribution in [0.1, 0.15) is 40.2 Å². The molecule has 6 heteroatoms. The highest BCUT2D eigenvalue weighted by Crippen LogP contribution is 2.24. The maximum Gasteiger partial charge on any atom is 0.262 e. The van der Waals surface area contributed by atoms with Crippen LogP contribution < -0.4 is 10.9 Å². The minimum absolute atomic E-state index is 0.0627. The zero-order valence-corrected chi connectivity index (χ0v) is 16.7. The second-order valence-corrected chi connectivity index (χ2v) is 7.22. The number of carbonyl (C=O) groups excluding carboxylic acids is 1. The van der Waals surface area contributed by atoms with Crippen LogP contribution in [-0.2, 0) is 6.54 Å². The van der Waals surface area contributed by atoms with Gasteiger partial charge in [0.25, 0.3) is 11.5 Å². The number of aryl methyl sites for hydroxylation is 1. The normalized spacial score (nSPS) is 12.1. The number of fused-ring (bicyclic) bond motifs is 1. The predicted molar refractivity (Wildman–Crippen MR) is 113 cm³/mol. The van der Waals surface area contributed by atoms with Gasteiger partial charge in [-0.2, -0.15) is 0 Å². The van der Waals surface area contributed by atoms with Crippen LogP contribution in [0, 0.1) is 12.7 Å². The average molecular weight is 404 g/mol. The van der Waals surface area contributed by atoms with E-state index in [1.807, 2.05) is 37.3 Å². The first kappa shape index (κ1) is 19.6. The molecule has 0 aliphatic carbocycles. The molecule has 5 nitrogen and oxygen atoms in total. The van der Waals surface area contributed by atoms with Crippen molar-refractivity contribution in [2.24, 2.45) is 0 Å². The first-order chi connectivity index (χ1) is 14.5. The Balaban J connectivity index is 1.71. The number of nitrogens with zero attached hydrogens (tertiary/aromatic N) is 1. The monoisotopic (exact) mass is 404 g/mol. The summed E-state index contributed by atoms with van der Waals surface area (Å²) in [5.41, 5.74) is 1.49. The van der Waals surface area contributed by atoms with Crippen molar-refractivity contribution in [3.05, 3.63) is 105 Å². The maximum atomic E-state index is 14.0. The van der Waals surface area contributed by atoms with Gasteiger partial charge >= 0.3 is 0 Å². The number of halogens is 1. The summed E-state index contributed by atoms with van der Waals surface area (Å²) < 4.78 is 21.1. The van der Waals surface area contributed by atoms with E-state index in [-0.39, 0.29) is 35.3 Å². The Kier molecular flexibility index (Phi) is 5.23. The average Bonchev–Trinajstić information content (AvgIpc) is 3.09. The third kappa shape index (κ3) is 3.64. The molecule has 1 atom stereocenters. The Hall–Kier alpha value is -3.67. The fourth-order valence-electron chi connectivity index (χ4n) is 3.57. The number of amides is 1. The standard InChI is InChI=1S/C24H21FN2O3/c1-15(17-8-4-3-5-9-17)26-23(28)21-16(2)30-20-12-13-27(24(29)22(20)21)14-18-10-6-7-11-19(18)25/h3-13,15H,14H2,1-2H3,(H,26,28). The van der Waals surface area contributed by atoms with Gasteiger partial charge in [0, 0.05) is 11.8 Å². The highest BCUT2D eigenvalue weighted by atomic mass is 19.1. The van der Waals surface area contributed by atoms with E-state index < -0.39 is 5.56 Å². The van der Waals surface area contributed by atoms with Gasteiger partial charge in [-0.05, 0) is 31.5 Å². The summed E-state index contributed by atoms with van der Waals surface area (Å²) in [6.07, 6.45) is 1.55. The van der Waals surface area contributed by atoms with Crippen molar-refractivity contribution in [3.63, 3.8) is 0 Å². The molecular formula is C24H21FN2O3. The summed E-state index contributed by atoms with van der Waals surface area (Å²) in [6, 6.07) is 17.2. The Bertz CT molecular complexity index is 1270. The van der Waals surface area contributed by atoms with Gasteiger partial charge in [0.05, 0.1) is 23.5 Å². The zero-order valence-electron chi connectivity index (χ0n) is 16.7. The van der Waals surface area contributed by atoms with Crippen molar-refractivity contribution in [1.82, 2.24) is 9.88 Å². The van der Waals surface area contributed by atoms with Gasteiger partial charge in [-0.3, -0.25) is 9.59 Å². The van der Waals surface area contributed by atoms with E-state index in [2.05, 4.69) is 5.32 Å². The summed E-state index contributed by atoms with van der Waals surface area (Å²) in [7, 11) is 0. The number of aromatic nitrogens is 1. The molecule has 0 saturated heterocycles. The molecule has 0 aliphatic rings. The van der Waals surface area contributed by atoms with E-state index in [9.17, 15) is 14.0 Å². The molecule has 0 fully saturated rings. The first-order valence-corrected chi connectivity index (χ1v) is 9.67. The first-order valence-electron chi connectivity index (χ1n) is 9.67. The molecule has 30 heavy (non-hydrogen) atoms. The van der Waals surface area contributed by atoms with Crippen LogP contribution in [0.3, 0.4) is 0 Å². The van der Waals surface area contributed by atoms with Gasteiger partial charge in [-0.25, -0.2) is 4.39 Å². The number of benzene rings is 2. The minimum Gasteiger partial charge on any atom is -0.460 e. The summed E-state index contributed by atoms with van der Waals surface area (Å²) in [5, 5.41) is 3.13. The molecule has 4 rings (SSSR count). The van der Waals surface area contributed by atoms with Gasteiger partial charge in [-0.1, -0.05) is 48.5 Å². The fraction of sp³-hybridized carbons (Fsp3) is 0.167. The van der Waals surface area contributed by atoms with Crippen molar-refractivity contribution in [3.8, 4) is 0 Å². The molecule has 0 spiro atoms. The van der Waals surface area contributed by atoms with Crippen molar-refractivity contribution in [2.75, 3.05) is 0 Å². The molecule has 1 unspecified atom stereocenters. The lowest BCUT2D eigenvalue weighted by Crippen LogP contribution is -2.29. The summed E-state index contributed by atoms with van der Waals surface area (Å²) in [5.74, 6) is -0.408. The van der Waals surface area contributed by atoms with Crippen LogP contribution in [0.15, 0.2) is 76.1 Å². The molecular weight excluding hydrogens is 383 g/mol. The zero-order chi connectivity index (χ0) is 21.3. The Labute approximate surface area is 172 Å². The topological polar surface area (TPSA) is 64.2 Å².